The van der Waals surface area contributed by atoms with Gasteiger partial charge in [-0.15, -0.1) is 0 Å². The fourth-order valence-electron chi connectivity index (χ4n) is 1.70. The fraction of sp³-hybridized carbons (Fsp3) is 0.0714. The van der Waals surface area contributed by atoms with Crippen LogP contribution in [0.5, 0.6) is 0 Å². The molecule has 0 bridgehead atoms. The van der Waals surface area contributed by atoms with E-state index in [4.69, 9.17) is 5.73 Å². The van der Waals surface area contributed by atoms with Crippen LogP contribution in [-0.4, -0.2) is 5.91 Å². The van der Waals surface area contributed by atoms with Crippen molar-refractivity contribution in [3.63, 3.8) is 0 Å². The molecule has 0 heterocycles. The lowest BCUT2D eigenvalue weighted by molar-refractivity contribution is 0.0950. The van der Waals surface area contributed by atoms with E-state index < -0.39 is 23.4 Å². The van der Waals surface area contributed by atoms with E-state index in [1.807, 2.05) is 0 Å². The molecular formula is C14H11F3N2O. The molecule has 0 unspecified atom stereocenters. The van der Waals surface area contributed by atoms with Gasteiger partial charge in [-0.3, -0.25) is 4.79 Å². The third-order valence-electron chi connectivity index (χ3n) is 2.63. The highest BCUT2D eigenvalue weighted by Gasteiger charge is 2.10. The number of amides is 1. The molecule has 0 radical (unpaired) electrons. The van der Waals surface area contributed by atoms with Crippen molar-refractivity contribution >= 4 is 11.6 Å². The topological polar surface area (TPSA) is 55.1 Å². The summed E-state index contributed by atoms with van der Waals surface area (Å²) in [5.41, 5.74) is 5.54. The fourth-order valence-corrected chi connectivity index (χ4v) is 1.70. The third-order valence-corrected chi connectivity index (χ3v) is 2.63. The zero-order valence-electron chi connectivity index (χ0n) is 10.3. The number of anilines is 1. The van der Waals surface area contributed by atoms with Crippen LogP contribution in [0.3, 0.4) is 0 Å². The van der Waals surface area contributed by atoms with Crippen LogP contribution in [0, 0.1) is 17.5 Å². The standard InChI is InChI=1S/C14H11F3N2O/c15-10-1-2-13(17)9(4-10)7-19-14(20)8-3-11(16)6-12(18)5-8/h1-6H,7,18H2,(H,19,20). The second kappa shape index (κ2) is 5.64. The van der Waals surface area contributed by atoms with Gasteiger partial charge in [-0.05, 0) is 36.4 Å². The highest BCUT2D eigenvalue weighted by molar-refractivity contribution is 5.95. The molecule has 0 fully saturated rings. The molecule has 0 spiro atoms. The maximum Gasteiger partial charge on any atom is 0.251 e. The predicted molar refractivity (Wildman–Crippen MR) is 68.3 cm³/mol. The van der Waals surface area contributed by atoms with Crippen molar-refractivity contribution in [2.45, 2.75) is 6.54 Å². The van der Waals surface area contributed by atoms with E-state index in [9.17, 15) is 18.0 Å². The van der Waals surface area contributed by atoms with Crippen molar-refractivity contribution in [1.82, 2.24) is 5.32 Å². The minimum atomic E-state index is -0.646. The Morgan fingerprint density at radius 2 is 1.80 bits per heavy atom. The number of nitrogens with two attached hydrogens (primary N) is 1. The Bertz CT molecular complexity index is 639. The molecule has 0 aliphatic heterocycles. The highest BCUT2D eigenvalue weighted by atomic mass is 19.1. The molecule has 0 saturated heterocycles. The Hall–Kier alpha value is -2.50. The lowest BCUT2D eigenvalue weighted by Crippen LogP contribution is -2.23. The molecule has 3 nitrogen and oxygen atoms in total. The Morgan fingerprint density at radius 1 is 1.05 bits per heavy atom. The van der Waals surface area contributed by atoms with Crippen LogP contribution < -0.4 is 11.1 Å². The van der Waals surface area contributed by atoms with E-state index in [0.29, 0.717) is 0 Å². The van der Waals surface area contributed by atoms with Gasteiger partial charge in [0.15, 0.2) is 0 Å². The minimum Gasteiger partial charge on any atom is -0.399 e. The van der Waals surface area contributed by atoms with Crippen molar-refractivity contribution in [3.8, 4) is 0 Å². The zero-order chi connectivity index (χ0) is 14.7. The molecule has 2 rings (SSSR count). The Kier molecular flexibility index (Phi) is 3.93. The van der Waals surface area contributed by atoms with Gasteiger partial charge in [-0.1, -0.05) is 0 Å². The van der Waals surface area contributed by atoms with Crippen LogP contribution in [0.15, 0.2) is 36.4 Å². The van der Waals surface area contributed by atoms with Gasteiger partial charge in [0.2, 0.25) is 0 Å². The summed E-state index contributed by atoms with van der Waals surface area (Å²) in [6, 6.07) is 6.30. The van der Waals surface area contributed by atoms with Crippen molar-refractivity contribution < 1.29 is 18.0 Å². The minimum absolute atomic E-state index is 0.00252. The van der Waals surface area contributed by atoms with E-state index in [1.54, 1.807) is 0 Å². The van der Waals surface area contributed by atoms with Crippen molar-refractivity contribution in [1.29, 1.82) is 0 Å². The molecule has 0 aromatic heterocycles. The quantitative estimate of drug-likeness (QED) is 0.849. The van der Waals surface area contributed by atoms with Gasteiger partial charge in [0, 0.05) is 23.4 Å². The van der Waals surface area contributed by atoms with Gasteiger partial charge < -0.3 is 11.1 Å². The Morgan fingerprint density at radius 3 is 2.50 bits per heavy atom. The largest absolute Gasteiger partial charge is 0.399 e. The van der Waals surface area contributed by atoms with Crippen molar-refractivity contribution in [3.05, 3.63) is 65.0 Å². The first-order valence-electron chi connectivity index (χ1n) is 5.74. The molecule has 104 valence electrons. The number of carbonyl (C=O) groups is 1. The zero-order valence-corrected chi connectivity index (χ0v) is 10.3. The van der Waals surface area contributed by atoms with Crippen LogP contribution in [0.25, 0.3) is 0 Å². The van der Waals surface area contributed by atoms with Crippen molar-refractivity contribution in [2.75, 3.05) is 5.73 Å². The molecule has 0 aliphatic carbocycles. The van der Waals surface area contributed by atoms with Crippen LogP contribution in [0.2, 0.25) is 0 Å². The van der Waals surface area contributed by atoms with Gasteiger partial charge in [-0.2, -0.15) is 0 Å². The number of halogens is 3. The first kappa shape index (κ1) is 13.9. The maximum atomic E-state index is 13.4. The van der Waals surface area contributed by atoms with E-state index in [1.165, 1.54) is 6.07 Å². The molecule has 0 aliphatic rings. The first-order valence-corrected chi connectivity index (χ1v) is 5.74. The number of nitrogens with one attached hydrogen (secondary N) is 1. The number of benzene rings is 2. The van der Waals surface area contributed by atoms with Crippen LogP contribution in [0.1, 0.15) is 15.9 Å². The molecule has 1 amide bonds. The van der Waals surface area contributed by atoms with Gasteiger partial charge in [-0.25, -0.2) is 13.2 Å². The summed E-state index contributed by atoms with van der Waals surface area (Å²) >= 11 is 0. The smallest absolute Gasteiger partial charge is 0.251 e. The normalized spacial score (nSPS) is 10.3. The number of nitrogen functional groups attached to an aromatic ring is 1. The summed E-state index contributed by atoms with van der Waals surface area (Å²) in [4.78, 5) is 11.8. The molecule has 3 N–H and O–H groups in total. The van der Waals surface area contributed by atoms with Crippen LogP contribution in [-0.2, 0) is 6.54 Å². The van der Waals surface area contributed by atoms with E-state index in [2.05, 4.69) is 5.32 Å². The van der Waals surface area contributed by atoms with Crippen molar-refractivity contribution in [2.24, 2.45) is 0 Å². The molecule has 20 heavy (non-hydrogen) atoms. The van der Waals surface area contributed by atoms with Gasteiger partial charge in [0.05, 0.1) is 0 Å². The Balaban J connectivity index is 2.10. The monoisotopic (exact) mass is 280 g/mol. The van der Waals surface area contributed by atoms with E-state index in [-0.39, 0.29) is 23.4 Å². The second-order valence-corrected chi connectivity index (χ2v) is 4.19. The van der Waals surface area contributed by atoms with E-state index in [0.717, 1.165) is 30.3 Å². The lowest BCUT2D eigenvalue weighted by atomic mass is 10.1. The number of hydrogen-bond donors (Lipinski definition) is 2. The summed E-state index contributed by atoms with van der Waals surface area (Å²) in [6.45, 7) is -0.209. The summed E-state index contributed by atoms with van der Waals surface area (Å²) in [6.07, 6.45) is 0. The molecule has 2 aromatic rings. The summed E-state index contributed by atoms with van der Waals surface area (Å²) in [7, 11) is 0. The average molecular weight is 280 g/mol. The van der Waals surface area contributed by atoms with Gasteiger partial charge >= 0.3 is 0 Å². The SMILES string of the molecule is Nc1cc(F)cc(C(=O)NCc2cc(F)ccc2F)c1. The van der Waals surface area contributed by atoms with Gasteiger partial charge in [0.1, 0.15) is 17.5 Å². The lowest BCUT2D eigenvalue weighted by Gasteiger charge is -2.07. The molecule has 2 aromatic carbocycles. The summed E-state index contributed by atoms with van der Waals surface area (Å²) in [5, 5.41) is 2.37. The number of rotatable bonds is 3. The maximum absolute atomic E-state index is 13.4. The van der Waals surface area contributed by atoms with E-state index >= 15 is 0 Å². The second-order valence-electron chi connectivity index (χ2n) is 4.19. The molecule has 0 atom stereocenters. The summed E-state index contributed by atoms with van der Waals surface area (Å²) in [5.74, 6) is -2.51. The highest BCUT2D eigenvalue weighted by Crippen LogP contribution is 2.12. The summed E-state index contributed by atoms with van der Waals surface area (Å²) < 4.78 is 39.4. The third kappa shape index (κ3) is 3.28. The van der Waals surface area contributed by atoms with Gasteiger partial charge in [0.25, 0.3) is 5.91 Å². The number of carbonyl (C=O) groups excluding carboxylic acids is 1. The number of hydrogen-bond acceptors (Lipinski definition) is 2. The molecule has 6 heteroatoms. The average Bonchev–Trinajstić information content (AvgIpc) is 2.38. The Labute approximate surface area is 113 Å². The molecule has 0 saturated carbocycles. The first-order chi connectivity index (χ1) is 9.45. The van der Waals surface area contributed by atoms with Crippen LogP contribution >= 0.6 is 0 Å². The molecular weight excluding hydrogens is 269 g/mol. The van der Waals surface area contributed by atoms with Crippen LogP contribution in [0.4, 0.5) is 18.9 Å². The predicted octanol–water partition coefficient (Wildman–Crippen LogP) is 2.62.